The summed E-state index contributed by atoms with van der Waals surface area (Å²) in [5, 5.41) is 3.60. The maximum Gasteiger partial charge on any atom is 0.356 e. The second-order valence-corrected chi connectivity index (χ2v) is 5.47. The van der Waals surface area contributed by atoms with Gasteiger partial charge in [0.2, 0.25) is 5.95 Å². The first-order chi connectivity index (χ1) is 10.7. The fourth-order valence-electron chi connectivity index (χ4n) is 2.26. The zero-order valence-electron chi connectivity index (χ0n) is 13.0. The zero-order chi connectivity index (χ0) is 15.9. The monoisotopic (exact) mass is 320 g/mol. The molecule has 0 spiro atoms. The van der Waals surface area contributed by atoms with Crippen LogP contribution in [-0.4, -0.2) is 21.1 Å². The molecule has 1 aromatic carbocycles. The van der Waals surface area contributed by atoms with Crippen LogP contribution in [0.25, 0.3) is 5.69 Å². The van der Waals surface area contributed by atoms with Crippen molar-refractivity contribution in [1.82, 2.24) is 14.5 Å². The van der Waals surface area contributed by atoms with Crippen molar-refractivity contribution in [3.05, 3.63) is 45.6 Å². The molecule has 2 aromatic rings. The normalized spacial score (nSPS) is 10.7. The van der Waals surface area contributed by atoms with Crippen molar-refractivity contribution in [2.45, 2.75) is 39.5 Å². The van der Waals surface area contributed by atoms with Gasteiger partial charge in [0.05, 0.1) is 10.7 Å². The molecule has 22 heavy (non-hydrogen) atoms. The Morgan fingerprint density at radius 2 is 2.09 bits per heavy atom. The smallest absolute Gasteiger partial charge is 0.354 e. The van der Waals surface area contributed by atoms with Gasteiger partial charge >= 0.3 is 5.69 Å². The average molecular weight is 321 g/mol. The van der Waals surface area contributed by atoms with Crippen molar-refractivity contribution < 1.29 is 0 Å². The van der Waals surface area contributed by atoms with Crippen LogP contribution in [0.15, 0.2) is 29.3 Å². The molecule has 118 valence electrons. The van der Waals surface area contributed by atoms with Gasteiger partial charge < -0.3 is 5.32 Å². The molecule has 0 aliphatic heterocycles. The first kappa shape index (κ1) is 16.5. The number of aromatic nitrogens is 3. The van der Waals surface area contributed by atoms with E-state index in [2.05, 4.69) is 22.2 Å². The fraction of sp³-hybridized carbons (Fsp3) is 0.438. The van der Waals surface area contributed by atoms with Gasteiger partial charge in [0, 0.05) is 6.54 Å². The zero-order valence-corrected chi connectivity index (χ0v) is 13.7. The summed E-state index contributed by atoms with van der Waals surface area (Å²) in [7, 11) is 0. The minimum Gasteiger partial charge on any atom is -0.354 e. The molecule has 0 aliphatic rings. The van der Waals surface area contributed by atoms with Crippen LogP contribution in [0.4, 0.5) is 5.95 Å². The fourth-order valence-corrected chi connectivity index (χ4v) is 2.55. The van der Waals surface area contributed by atoms with Crippen molar-refractivity contribution in [1.29, 1.82) is 0 Å². The Balaban J connectivity index is 2.26. The molecule has 5 nitrogen and oxygen atoms in total. The molecule has 0 radical (unpaired) electrons. The average Bonchev–Trinajstić information content (AvgIpc) is 2.52. The molecule has 0 atom stereocenters. The molecule has 1 heterocycles. The van der Waals surface area contributed by atoms with E-state index in [1.54, 1.807) is 6.07 Å². The number of halogens is 1. The molecule has 0 aliphatic carbocycles. The highest BCUT2D eigenvalue weighted by atomic mass is 35.5. The summed E-state index contributed by atoms with van der Waals surface area (Å²) in [6.07, 6.45) is 5.59. The summed E-state index contributed by atoms with van der Waals surface area (Å²) in [4.78, 5) is 20.5. The molecule has 0 fully saturated rings. The molecule has 0 saturated carbocycles. The molecule has 0 saturated heterocycles. The van der Waals surface area contributed by atoms with Gasteiger partial charge in [-0.1, -0.05) is 50.4 Å². The number of hydrogen-bond acceptors (Lipinski definition) is 4. The van der Waals surface area contributed by atoms with E-state index in [1.807, 2.05) is 19.1 Å². The van der Waals surface area contributed by atoms with Gasteiger partial charge in [-0.15, -0.1) is 0 Å². The minimum absolute atomic E-state index is 0.363. The number of hydrogen-bond donors (Lipinski definition) is 1. The van der Waals surface area contributed by atoms with E-state index in [1.165, 1.54) is 10.9 Å². The molecular weight excluding hydrogens is 300 g/mol. The van der Waals surface area contributed by atoms with E-state index in [-0.39, 0.29) is 5.69 Å². The standard InChI is InChI=1S/C16H21ClN4O/c1-3-5-6-10-18-15-19-11-21(16(22)20-15)14-12(4-2)8-7-9-13(14)17/h7-9,11H,3-6,10H2,1-2H3,(H,18,20,22). The Kier molecular flexibility index (Phi) is 5.95. The number of benzene rings is 1. The summed E-state index contributed by atoms with van der Waals surface area (Å²) in [6.45, 7) is 4.93. The summed E-state index contributed by atoms with van der Waals surface area (Å²) >= 11 is 6.24. The van der Waals surface area contributed by atoms with Gasteiger partial charge in [0.1, 0.15) is 6.33 Å². The molecule has 6 heteroatoms. The van der Waals surface area contributed by atoms with Crippen LogP contribution in [0.2, 0.25) is 5.02 Å². The van der Waals surface area contributed by atoms with Crippen LogP contribution < -0.4 is 11.0 Å². The number of rotatable bonds is 7. The van der Waals surface area contributed by atoms with Crippen LogP contribution in [0.1, 0.15) is 38.7 Å². The quantitative estimate of drug-likeness (QED) is 0.794. The number of nitrogens with one attached hydrogen (secondary N) is 1. The maximum absolute atomic E-state index is 12.3. The molecule has 0 unspecified atom stereocenters. The van der Waals surface area contributed by atoms with E-state index < -0.39 is 0 Å². The molecule has 1 N–H and O–H groups in total. The van der Waals surface area contributed by atoms with Crippen LogP contribution in [0, 0.1) is 0 Å². The summed E-state index contributed by atoms with van der Waals surface area (Å²) in [5.41, 5.74) is 1.27. The van der Waals surface area contributed by atoms with Gasteiger partial charge in [0.25, 0.3) is 0 Å². The van der Waals surface area contributed by atoms with Crippen LogP contribution in [0.3, 0.4) is 0 Å². The molecule has 1 aromatic heterocycles. The lowest BCUT2D eigenvalue weighted by molar-refractivity contribution is 0.736. The lowest BCUT2D eigenvalue weighted by Crippen LogP contribution is -2.24. The maximum atomic E-state index is 12.3. The summed E-state index contributed by atoms with van der Waals surface area (Å²) in [5.74, 6) is 0.363. The number of unbranched alkanes of at least 4 members (excludes halogenated alkanes) is 2. The molecule has 2 rings (SSSR count). The lowest BCUT2D eigenvalue weighted by Gasteiger charge is -2.12. The largest absolute Gasteiger partial charge is 0.356 e. The highest BCUT2D eigenvalue weighted by molar-refractivity contribution is 6.32. The number of aryl methyl sites for hydroxylation is 1. The van der Waals surface area contributed by atoms with Crippen molar-refractivity contribution >= 4 is 17.5 Å². The third-order valence-electron chi connectivity index (χ3n) is 3.46. The van der Waals surface area contributed by atoms with Crippen LogP contribution >= 0.6 is 11.6 Å². The number of anilines is 1. The Labute approximate surface area is 135 Å². The van der Waals surface area contributed by atoms with Crippen LogP contribution in [-0.2, 0) is 6.42 Å². The Hall–Kier alpha value is -1.88. The predicted molar refractivity (Wildman–Crippen MR) is 90.0 cm³/mol. The highest BCUT2D eigenvalue weighted by Gasteiger charge is 2.11. The molecular formula is C16H21ClN4O. The third kappa shape index (κ3) is 3.85. The third-order valence-corrected chi connectivity index (χ3v) is 3.76. The topological polar surface area (TPSA) is 59.8 Å². The van der Waals surface area contributed by atoms with E-state index in [0.29, 0.717) is 16.7 Å². The lowest BCUT2D eigenvalue weighted by atomic mass is 10.1. The Morgan fingerprint density at radius 3 is 2.77 bits per heavy atom. The molecule has 0 amide bonds. The van der Waals surface area contributed by atoms with Crippen molar-refractivity contribution in [2.24, 2.45) is 0 Å². The number of para-hydroxylation sites is 1. The highest BCUT2D eigenvalue weighted by Crippen LogP contribution is 2.23. The van der Waals surface area contributed by atoms with Gasteiger partial charge in [-0.05, 0) is 24.5 Å². The van der Waals surface area contributed by atoms with Crippen molar-refractivity contribution in [3.63, 3.8) is 0 Å². The van der Waals surface area contributed by atoms with Gasteiger partial charge in [-0.3, -0.25) is 0 Å². The summed E-state index contributed by atoms with van der Waals surface area (Å²) in [6, 6.07) is 5.59. The first-order valence-electron chi connectivity index (χ1n) is 7.64. The minimum atomic E-state index is -0.379. The van der Waals surface area contributed by atoms with Gasteiger partial charge in [0.15, 0.2) is 0 Å². The second kappa shape index (κ2) is 7.94. The summed E-state index contributed by atoms with van der Waals surface area (Å²) < 4.78 is 1.40. The van der Waals surface area contributed by atoms with E-state index in [0.717, 1.165) is 37.8 Å². The predicted octanol–water partition coefficient (Wildman–Crippen LogP) is 3.45. The Morgan fingerprint density at radius 1 is 1.27 bits per heavy atom. The number of nitrogens with zero attached hydrogens (tertiary/aromatic N) is 3. The second-order valence-electron chi connectivity index (χ2n) is 5.07. The van der Waals surface area contributed by atoms with Crippen molar-refractivity contribution in [2.75, 3.05) is 11.9 Å². The van der Waals surface area contributed by atoms with E-state index >= 15 is 0 Å². The van der Waals surface area contributed by atoms with Crippen molar-refractivity contribution in [3.8, 4) is 5.69 Å². The van der Waals surface area contributed by atoms with E-state index in [9.17, 15) is 4.79 Å². The Bertz CT molecular complexity index is 684. The molecule has 0 bridgehead atoms. The first-order valence-corrected chi connectivity index (χ1v) is 8.02. The van der Waals surface area contributed by atoms with Gasteiger partial charge in [-0.2, -0.15) is 4.98 Å². The SMILES string of the molecule is CCCCCNc1ncn(-c2c(Cl)cccc2CC)c(=O)n1. The van der Waals surface area contributed by atoms with Crippen LogP contribution in [0.5, 0.6) is 0 Å². The van der Waals surface area contributed by atoms with Gasteiger partial charge in [-0.25, -0.2) is 14.3 Å². The van der Waals surface area contributed by atoms with E-state index in [4.69, 9.17) is 11.6 Å².